The number of piperazine rings is 1. The first-order valence-electron chi connectivity index (χ1n) is 8.34. The molecule has 0 aromatic heterocycles. The van der Waals surface area contributed by atoms with E-state index < -0.39 is 10.2 Å². The second kappa shape index (κ2) is 7.82. The van der Waals surface area contributed by atoms with E-state index in [-0.39, 0.29) is 11.9 Å². The van der Waals surface area contributed by atoms with Gasteiger partial charge in [0.2, 0.25) is 5.91 Å². The lowest BCUT2D eigenvalue weighted by molar-refractivity contribution is -0.137. The van der Waals surface area contributed by atoms with Crippen LogP contribution in [0.15, 0.2) is 24.3 Å². The lowest BCUT2D eigenvalue weighted by atomic mass is 9.99. The molecule has 0 radical (unpaired) electrons. The molecule has 25 heavy (non-hydrogen) atoms. The Morgan fingerprint density at radius 1 is 1.04 bits per heavy atom. The summed E-state index contributed by atoms with van der Waals surface area (Å²) in [4.78, 5) is 16.8. The third-order valence-corrected chi connectivity index (χ3v) is 6.51. The smallest absolute Gasteiger partial charge is 0.281 e. The van der Waals surface area contributed by atoms with E-state index in [9.17, 15) is 13.2 Å². The van der Waals surface area contributed by atoms with Crippen molar-refractivity contribution in [3.05, 3.63) is 35.4 Å². The van der Waals surface area contributed by atoms with E-state index >= 15 is 0 Å². The fraction of sp³-hybridized carbons (Fsp3) is 0.588. The van der Waals surface area contributed by atoms with Crippen molar-refractivity contribution >= 4 is 16.1 Å². The average Bonchev–Trinajstić information content (AvgIpc) is 2.56. The second-order valence-corrected chi connectivity index (χ2v) is 8.88. The molecule has 0 bridgehead atoms. The summed E-state index contributed by atoms with van der Waals surface area (Å²) in [6, 6.07) is 7.51. The van der Waals surface area contributed by atoms with Gasteiger partial charge >= 0.3 is 0 Å². The van der Waals surface area contributed by atoms with Crippen molar-refractivity contribution < 1.29 is 13.2 Å². The van der Waals surface area contributed by atoms with Crippen molar-refractivity contribution in [3.8, 4) is 0 Å². The van der Waals surface area contributed by atoms with Gasteiger partial charge in [-0.1, -0.05) is 24.3 Å². The molecule has 1 atom stereocenters. The Bertz CT molecular complexity index is 710. The molecule has 140 valence electrons. The molecule has 0 unspecified atom stereocenters. The zero-order valence-electron chi connectivity index (χ0n) is 15.6. The highest BCUT2D eigenvalue weighted by Crippen LogP contribution is 2.25. The van der Waals surface area contributed by atoms with Crippen molar-refractivity contribution in [2.75, 3.05) is 54.4 Å². The molecular weight excluding hydrogens is 340 g/mol. The van der Waals surface area contributed by atoms with Gasteiger partial charge in [0.15, 0.2) is 0 Å². The van der Waals surface area contributed by atoms with Crippen molar-refractivity contribution in [1.29, 1.82) is 0 Å². The number of nitrogens with zero attached hydrogens (tertiary/aromatic N) is 4. The highest BCUT2D eigenvalue weighted by Gasteiger charge is 2.34. The first-order chi connectivity index (χ1) is 11.7. The first kappa shape index (κ1) is 19.8. The van der Waals surface area contributed by atoms with Crippen molar-refractivity contribution in [1.82, 2.24) is 18.4 Å². The molecule has 1 aromatic rings. The number of hydrogen-bond acceptors (Lipinski definition) is 4. The van der Waals surface area contributed by atoms with Gasteiger partial charge in [0.05, 0.1) is 0 Å². The molecule has 2 rings (SSSR count). The van der Waals surface area contributed by atoms with Crippen molar-refractivity contribution in [2.45, 2.75) is 13.0 Å². The van der Waals surface area contributed by atoms with Crippen LogP contribution in [-0.4, -0.2) is 87.1 Å². The molecule has 8 heteroatoms. The summed E-state index contributed by atoms with van der Waals surface area (Å²) in [5.41, 5.74) is 2.06. The highest BCUT2D eigenvalue weighted by atomic mass is 32.2. The summed E-state index contributed by atoms with van der Waals surface area (Å²) in [5, 5.41) is 0. The van der Waals surface area contributed by atoms with Gasteiger partial charge in [0.25, 0.3) is 10.2 Å². The fourth-order valence-electron chi connectivity index (χ4n) is 3.07. The average molecular weight is 369 g/mol. The summed E-state index contributed by atoms with van der Waals surface area (Å²) in [5.74, 6) is 0.0150. The Balaban J connectivity index is 2.14. The number of hydrogen-bond donors (Lipinski definition) is 0. The van der Waals surface area contributed by atoms with E-state index in [2.05, 4.69) is 0 Å². The van der Waals surface area contributed by atoms with Crippen LogP contribution in [0.4, 0.5) is 0 Å². The monoisotopic (exact) mass is 368 g/mol. The number of aryl methyl sites for hydroxylation is 1. The number of likely N-dealkylation sites (N-methyl/N-ethyl adjacent to an activating group) is 1. The van der Waals surface area contributed by atoms with Gasteiger partial charge in [0, 0.05) is 40.3 Å². The molecule has 0 spiro atoms. The molecule has 0 N–H and O–H groups in total. The maximum Gasteiger partial charge on any atom is 0.281 e. The Hall–Kier alpha value is -1.48. The third kappa shape index (κ3) is 4.20. The number of carbonyl (C=O) groups is 1. The first-order valence-corrected chi connectivity index (χ1v) is 9.74. The molecule has 0 saturated carbocycles. The molecule has 0 aliphatic carbocycles. The summed E-state index contributed by atoms with van der Waals surface area (Å²) in [6.45, 7) is 3.45. The van der Waals surface area contributed by atoms with Gasteiger partial charge in [-0.15, -0.1) is 0 Å². The molecule has 7 nitrogen and oxygen atoms in total. The van der Waals surface area contributed by atoms with Crippen LogP contribution in [0.1, 0.15) is 17.2 Å². The predicted octanol–water partition coefficient (Wildman–Crippen LogP) is 0.548. The minimum absolute atomic E-state index is 0.0150. The van der Waals surface area contributed by atoms with Crippen LogP contribution in [0.2, 0.25) is 0 Å². The molecule has 1 heterocycles. The zero-order valence-corrected chi connectivity index (χ0v) is 16.5. The summed E-state index contributed by atoms with van der Waals surface area (Å²) < 4.78 is 27.1. The Kier molecular flexibility index (Phi) is 6.21. The molecule has 1 saturated heterocycles. The lowest BCUT2D eigenvalue weighted by Gasteiger charge is -2.38. The van der Waals surface area contributed by atoms with E-state index in [1.807, 2.05) is 50.2 Å². The van der Waals surface area contributed by atoms with Gasteiger partial charge in [-0.3, -0.25) is 9.69 Å². The number of amides is 1. The van der Waals surface area contributed by atoms with Gasteiger partial charge in [0.1, 0.15) is 6.04 Å². The number of benzene rings is 1. The van der Waals surface area contributed by atoms with Gasteiger partial charge in [-0.25, -0.2) is 0 Å². The molecule has 1 aliphatic rings. The van der Waals surface area contributed by atoms with E-state index in [0.29, 0.717) is 26.2 Å². The fourth-order valence-corrected chi connectivity index (χ4v) is 4.16. The molecule has 1 amide bonds. The summed E-state index contributed by atoms with van der Waals surface area (Å²) in [7, 11) is 3.40. The maximum atomic E-state index is 13.1. The minimum atomic E-state index is -3.43. The minimum Gasteiger partial charge on any atom is -0.338 e. The second-order valence-electron chi connectivity index (χ2n) is 6.74. The molecular formula is C17H28N4O3S. The molecule has 1 aromatic carbocycles. The number of rotatable bonds is 5. The van der Waals surface area contributed by atoms with Crippen LogP contribution in [0.5, 0.6) is 0 Å². The van der Waals surface area contributed by atoms with Crippen LogP contribution in [0.3, 0.4) is 0 Å². The van der Waals surface area contributed by atoms with E-state index in [4.69, 9.17) is 0 Å². The Morgan fingerprint density at radius 2 is 1.60 bits per heavy atom. The summed E-state index contributed by atoms with van der Waals surface area (Å²) in [6.07, 6.45) is 0. The molecule has 1 fully saturated rings. The third-order valence-electron chi connectivity index (χ3n) is 4.57. The topological polar surface area (TPSA) is 64.2 Å². The maximum absolute atomic E-state index is 13.1. The standard InChI is InChI=1S/C17H28N4O3S/c1-14-8-6-7-9-15(14)16(18(2)3)17(22)20-10-12-21(13-11-20)25(23,24)19(4)5/h6-9,16H,10-13H2,1-5H3/t16-/m1/s1. The SMILES string of the molecule is Cc1ccccc1[C@H](C(=O)N1CCN(S(=O)(=O)N(C)C)CC1)N(C)C. The van der Waals surface area contributed by atoms with E-state index in [1.165, 1.54) is 22.7 Å². The van der Waals surface area contributed by atoms with Crippen LogP contribution in [0.25, 0.3) is 0 Å². The lowest BCUT2D eigenvalue weighted by Crippen LogP contribution is -2.54. The van der Waals surface area contributed by atoms with Gasteiger partial charge in [-0.05, 0) is 32.1 Å². The van der Waals surface area contributed by atoms with Gasteiger partial charge < -0.3 is 4.90 Å². The highest BCUT2D eigenvalue weighted by molar-refractivity contribution is 7.86. The zero-order chi connectivity index (χ0) is 18.8. The normalized spacial score (nSPS) is 18.0. The quantitative estimate of drug-likeness (QED) is 0.761. The summed E-state index contributed by atoms with van der Waals surface area (Å²) >= 11 is 0. The predicted molar refractivity (Wildman–Crippen MR) is 98.4 cm³/mol. The van der Waals surface area contributed by atoms with Crippen LogP contribution < -0.4 is 0 Å². The van der Waals surface area contributed by atoms with Crippen LogP contribution >= 0.6 is 0 Å². The number of carbonyl (C=O) groups excluding carboxylic acids is 1. The Morgan fingerprint density at radius 3 is 2.08 bits per heavy atom. The van der Waals surface area contributed by atoms with E-state index in [1.54, 1.807) is 4.90 Å². The van der Waals surface area contributed by atoms with E-state index in [0.717, 1.165) is 11.1 Å². The van der Waals surface area contributed by atoms with Gasteiger partial charge in [-0.2, -0.15) is 17.0 Å². The molecule has 1 aliphatic heterocycles. The van der Waals surface area contributed by atoms with Crippen LogP contribution in [0, 0.1) is 6.92 Å². The Labute approximate surface area is 151 Å². The van der Waals surface area contributed by atoms with Crippen molar-refractivity contribution in [2.24, 2.45) is 0 Å². The van der Waals surface area contributed by atoms with Crippen LogP contribution in [-0.2, 0) is 15.0 Å². The largest absolute Gasteiger partial charge is 0.338 e. The van der Waals surface area contributed by atoms with Crippen molar-refractivity contribution in [3.63, 3.8) is 0 Å².